The van der Waals surface area contributed by atoms with Crippen molar-refractivity contribution in [2.45, 2.75) is 55.7 Å². The normalized spacial score (nSPS) is 24.6. The lowest BCUT2D eigenvalue weighted by atomic mass is 10.1. The lowest BCUT2D eigenvalue weighted by molar-refractivity contribution is -0.149. The number of carbonyl (C=O) groups is 1. The van der Waals surface area contributed by atoms with E-state index in [2.05, 4.69) is 10.1 Å². The number of hydrogen-bond acceptors (Lipinski definition) is 11. The summed E-state index contributed by atoms with van der Waals surface area (Å²) < 4.78 is 31.0. The van der Waals surface area contributed by atoms with Gasteiger partial charge < -0.3 is 25.2 Å². The van der Waals surface area contributed by atoms with Crippen LogP contribution in [-0.2, 0) is 18.6 Å². The van der Waals surface area contributed by atoms with Gasteiger partial charge in [-0.1, -0.05) is 18.2 Å². The van der Waals surface area contributed by atoms with E-state index in [1.54, 1.807) is 44.2 Å². The molecule has 35 heavy (non-hydrogen) atoms. The van der Waals surface area contributed by atoms with Gasteiger partial charge in [0, 0.05) is 6.20 Å². The van der Waals surface area contributed by atoms with Crippen molar-refractivity contribution in [3.63, 3.8) is 0 Å². The van der Waals surface area contributed by atoms with Crippen molar-refractivity contribution in [2.24, 2.45) is 0 Å². The van der Waals surface area contributed by atoms with Gasteiger partial charge in [-0.2, -0.15) is 10.1 Å². The molecule has 2 heterocycles. The van der Waals surface area contributed by atoms with Crippen LogP contribution in [0.4, 0.5) is 5.82 Å². The van der Waals surface area contributed by atoms with E-state index in [0.717, 1.165) is 16.3 Å². The Kier molecular flexibility index (Phi) is 8.97. The standard InChI is InChI=1S/C21H29N4O8PS/c1-12(2)32-20(28)13(3)24-34(30,33-14-7-5-4-6-8-14)31-11-15-17(26)18(27)19(35-15)25-10-9-16(22)23-21(25)29/h4-10,12-13,15,17-19,26-27H,11H2,1-3H3,(H,24,30)(H2,22,23,29)/t13-,15+,17+,18+,19+,34-/m0/s1. The third kappa shape index (κ3) is 7.06. The third-order valence-corrected chi connectivity index (χ3v) is 8.09. The second-order valence-corrected chi connectivity index (χ2v) is 11.2. The minimum Gasteiger partial charge on any atom is -0.462 e. The fourth-order valence-electron chi connectivity index (χ4n) is 3.22. The molecule has 1 aliphatic rings. The molecule has 6 atom stereocenters. The molecule has 0 amide bonds. The number of carbonyl (C=O) groups excluding carboxylic acids is 1. The Labute approximate surface area is 206 Å². The number of aromatic nitrogens is 2. The molecule has 3 rings (SSSR count). The second-order valence-electron chi connectivity index (χ2n) is 8.12. The molecule has 0 spiro atoms. The van der Waals surface area contributed by atoms with Crippen molar-refractivity contribution < 1.29 is 33.4 Å². The lowest BCUT2D eigenvalue weighted by Gasteiger charge is -2.25. The largest absolute Gasteiger partial charge is 0.462 e. The summed E-state index contributed by atoms with van der Waals surface area (Å²) in [5.41, 5.74) is 4.83. The molecule has 1 aromatic carbocycles. The molecule has 1 aliphatic heterocycles. The van der Waals surface area contributed by atoms with Crippen molar-refractivity contribution >= 4 is 31.3 Å². The first-order valence-corrected chi connectivity index (χ1v) is 13.3. The highest BCUT2D eigenvalue weighted by atomic mass is 32.2. The molecule has 2 aromatic rings. The van der Waals surface area contributed by atoms with Crippen LogP contribution in [0.3, 0.4) is 0 Å². The fraction of sp³-hybridized carbons (Fsp3) is 0.476. The predicted octanol–water partition coefficient (Wildman–Crippen LogP) is 1.29. The van der Waals surface area contributed by atoms with Gasteiger partial charge in [0.05, 0.1) is 24.1 Å². The number of anilines is 1. The monoisotopic (exact) mass is 528 g/mol. The Morgan fingerprint density at radius 3 is 2.54 bits per heavy atom. The van der Waals surface area contributed by atoms with E-state index in [4.69, 9.17) is 19.5 Å². The van der Waals surface area contributed by atoms with E-state index in [-0.39, 0.29) is 24.3 Å². The van der Waals surface area contributed by atoms with Gasteiger partial charge in [-0.3, -0.25) is 13.9 Å². The third-order valence-electron chi connectivity index (χ3n) is 4.90. The molecule has 0 radical (unpaired) electrons. The van der Waals surface area contributed by atoms with Crippen LogP contribution in [0, 0.1) is 0 Å². The van der Waals surface area contributed by atoms with Gasteiger partial charge >= 0.3 is 19.4 Å². The Balaban J connectivity index is 1.75. The number of nitrogens with two attached hydrogens (primary N) is 1. The number of thioether (sulfide) groups is 1. The number of nitrogens with one attached hydrogen (secondary N) is 1. The highest BCUT2D eigenvalue weighted by molar-refractivity contribution is 8.00. The second kappa shape index (κ2) is 11.5. The summed E-state index contributed by atoms with van der Waals surface area (Å²) in [5, 5.41) is 22.0. The average Bonchev–Trinajstić information content (AvgIpc) is 3.06. The first kappa shape index (κ1) is 27.2. The van der Waals surface area contributed by atoms with Gasteiger partial charge in [-0.15, -0.1) is 11.8 Å². The summed E-state index contributed by atoms with van der Waals surface area (Å²) in [4.78, 5) is 28.1. The number of benzene rings is 1. The molecule has 5 N–H and O–H groups in total. The number of ether oxygens (including phenoxy) is 1. The maximum absolute atomic E-state index is 13.6. The molecule has 1 fully saturated rings. The van der Waals surface area contributed by atoms with Crippen LogP contribution < -0.4 is 21.0 Å². The zero-order valence-corrected chi connectivity index (χ0v) is 21.1. The number of esters is 1. The van der Waals surface area contributed by atoms with Crippen LogP contribution >= 0.6 is 19.5 Å². The van der Waals surface area contributed by atoms with Gasteiger partial charge in [0.25, 0.3) is 0 Å². The highest BCUT2D eigenvalue weighted by Gasteiger charge is 2.45. The minimum atomic E-state index is -4.16. The molecule has 0 unspecified atom stereocenters. The van der Waals surface area contributed by atoms with Crippen molar-refractivity contribution in [3.8, 4) is 5.75 Å². The Bertz CT molecular complexity index is 1120. The fourth-order valence-corrected chi connectivity index (χ4v) is 6.28. The number of hydrogen-bond donors (Lipinski definition) is 4. The van der Waals surface area contributed by atoms with Crippen LogP contribution in [0.1, 0.15) is 26.1 Å². The van der Waals surface area contributed by atoms with Crippen LogP contribution in [0.25, 0.3) is 0 Å². The summed E-state index contributed by atoms with van der Waals surface area (Å²) >= 11 is 1.04. The van der Waals surface area contributed by atoms with Gasteiger partial charge in [-0.25, -0.2) is 9.36 Å². The van der Waals surface area contributed by atoms with Gasteiger partial charge in [0.15, 0.2) is 0 Å². The first-order valence-electron chi connectivity index (χ1n) is 10.8. The molecular formula is C21H29N4O8PS. The van der Waals surface area contributed by atoms with E-state index >= 15 is 0 Å². The number of nitrogen functional groups attached to an aromatic ring is 1. The molecular weight excluding hydrogens is 499 g/mol. The van der Waals surface area contributed by atoms with Gasteiger partial charge in [-0.05, 0) is 39.0 Å². The summed E-state index contributed by atoms with van der Waals surface area (Å²) in [6, 6.07) is 8.58. The van der Waals surface area contributed by atoms with Crippen molar-refractivity contribution in [2.75, 3.05) is 12.3 Å². The topological polar surface area (TPSA) is 175 Å². The van der Waals surface area contributed by atoms with Crippen LogP contribution in [0.15, 0.2) is 47.4 Å². The molecule has 1 saturated heterocycles. The summed E-state index contributed by atoms with van der Waals surface area (Å²) in [6.45, 7) is 4.49. The zero-order chi connectivity index (χ0) is 25.8. The minimum absolute atomic E-state index is 0.0272. The van der Waals surface area contributed by atoms with E-state index in [9.17, 15) is 24.4 Å². The Morgan fingerprint density at radius 2 is 1.91 bits per heavy atom. The lowest BCUT2D eigenvalue weighted by Crippen LogP contribution is -2.38. The number of para-hydroxylation sites is 1. The summed E-state index contributed by atoms with van der Waals surface area (Å²) in [5.74, 6) is -0.398. The van der Waals surface area contributed by atoms with Crippen LogP contribution in [-0.4, -0.2) is 61.9 Å². The number of aliphatic hydroxyl groups is 2. The van der Waals surface area contributed by atoms with E-state index in [1.807, 2.05) is 0 Å². The molecule has 0 aliphatic carbocycles. The van der Waals surface area contributed by atoms with Crippen molar-refractivity contribution in [3.05, 3.63) is 53.1 Å². The number of aliphatic hydroxyl groups excluding tert-OH is 2. The van der Waals surface area contributed by atoms with E-state index in [0.29, 0.717) is 0 Å². The maximum atomic E-state index is 13.6. The SMILES string of the molecule is CC(C)OC(=O)[C@H](C)N[P@](=O)(OC[C@H]1S[C@@H](n2ccc(N)nc2=O)[C@H](O)[C@@H]1O)Oc1ccccc1. The van der Waals surface area contributed by atoms with Crippen molar-refractivity contribution in [1.29, 1.82) is 0 Å². The van der Waals surface area contributed by atoms with Gasteiger partial charge in [0.2, 0.25) is 0 Å². The quantitative estimate of drug-likeness (QED) is 0.257. The molecule has 0 bridgehead atoms. The first-order chi connectivity index (χ1) is 16.5. The molecule has 12 nitrogen and oxygen atoms in total. The van der Waals surface area contributed by atoms with Crippen LogP contribution in [0.5, 0.6) is 5.75 Å². The predicted molar refractivity (Wildman–Crippen MR) is 130 cm³/mol. The smallest absolute Gasteiger partial charge is 0.459 e. The summed E-state index contributed by atoms with van der Waals surface area (Å²) in [7, 11) is -4.16. The zero-order valence-electron chi connectivity index (χ0n) is 19.4. The van der Waals surface area contributed by atoms with Crippen molar-refractivity contribution in [1.82, 2.24) is 14.6 Å². The van der Waals surface area contributed by atoms with Crippen LogP contribution in [0.2, 0.25) is 0 Å². The Hall–Kier alpha value is -2.41. The maximum Gasteiger partial charge on any atom is 0.459 e. The Morgan fingerprint density at radius 1 is 1.23 bits per heavy atom. The molecule has 192 valence electrons. The number of rotatable bonds is 10. The summed E-state index contributed by atoms with van der Waals surface area (Å²) in [6.07, 6.45) is -1.66. The molecule has 14 heteroatoms. The average molecular weight is 529 g/mol. The van der Waals surface area contributed by atoms with E-state index < -0.39 is 48.3 Å². The molecule has 0 saturated carbocycles. The van der Waals surface area contributed by atoms with E-state index in [1.165, 1.54) is 19.2 Å². The van der Waals surface area contributed by atoms with Gasteiger partial charge in [0.1, 0.15) is 29.1 Å². The number of nitrogens with zero attached hydrogens (tertiary/aromatic N) is 2. The highest BCUT2D eigenvalue weighted by Crippen LogP contribution is 2.48. The molecule has 1 aromatic heterocycles.